The molecule has 0 saturated carbocycles. The third-order valence-electron chi connectivity index (χ3n) is 3.36. The molecular weight excluding hydrogens is 272 g/mol. The fraction of sp³-hybridized carbons (Fsp3) is 0.400. The number of aliphatic hydroxyl groups excluding tert-OH is 1. The van der Waals surface area contributed by atoms with E-state index in [9.17, 15) is 5.11 Å². The highest BCUT2D eigenvalue weighted by atomic mass is 16.6. The van der Waals surface area contributed by atoms with Gasteiger partial charge in [0.2, 0.25) is 0 Å². The zero-order chi connectivity index (χ0) is 14.7. The maximum absolute atomic E-state index is 9.37. The average molecular weight is 290 g/mol. The van der Waals surface area contributed by atoms with E-state index >= 15 is 0 Å². The highest BCUT2D eigenvalue weighted by Gasteiger charge is 2.16. The molecule has 3 rings (SSSR count). The molecule has 112 valence electrons. The number of nitrogens with one attached hydrogen (secondary N) is 1. The average Bonchev–Trinajstić information content (AvgIpc) is 2.53. The molecule has 0 fully saturated rings. The lowest BCUT2D eigenvalue weighted by Crippen LogP contribution is -2.29. The van der Waals surface area contributed by atoms with Crippen LogP contribution in [0.4, 0.5) is 5.82 Å². The van der Waals surface area contributed by atoms with Crippen LogP contribution in [0.15, 0.2) is 24.4 Å². The van der Waals surface area contributed by atoms with Crippen molar-refractivity contribution in [3.05, 3.63) is 24.4 Å². The van der Waals surface area contributed by atoms with E-state index in [1.807, 2.05) is 18.2 Å². The van der Waals surface area contributed by atoms with Crippen LogP contribution in [0.2, 0.25) is 0 Å². The first-order valence-corrected chi connectivity index (χ1v) is 6.86. The van der Waals surface area contributed by atoms with Crippen LogP contribution in [0.25, 0.3) is 10.8 Å². The van der Waals surface area contributed by atoms with Gasteiger partial charge in [0.15, 0.2) is 11.5 Å². The molecule has 6 nitrogen and oxygen atoms in total. The van der Waals surface area contributed by atoms with Gasteiger partial charge in [0.25, 0.3) is 0 Å². The summed E-state index contributed by atoms with van der Waals surface area (Å²) in [7, 11) is 1.60. The normalized spacial score (nSPS) is 15.0. The number of hydrogen-bond acceptors (Lipinski definition) is 6. The molecule has 0 amide bonds. The second kappa shape index (κ2) is 6.15. The van der Waals surface area contributed by atoms with Crippen LogP contribution in [0.1, 0.15) is 0 Å². The molecule has 1 aliphatic heterocycles. The zero-order valence-electron chi connectivity index (χ0n) is 11.8. The number of rotatable bonds is 5. The van der Waals surface area contributed by atoms with Crippen LogP contribution in [0.5, 0.6) is 11.5 Å². The van der Waals surface area contributed by atoms with Crippen molar-refractivity contribution >= 4 is 16.6 Å². The number of ether oxygens (including phenoxy) is 3. The lowest BCUT2D eigenvalue weighted by molar-refractivity contribution is 0.153. The SMILES string of the molecule is COCC(CO)Nc1nccc2cc3c(cc12)OCCO3. The predicted molar refractivity (Wildman–Crippen MR) is 79.1 cm³/mol. The van der Waals surface area contributed by atoms with E-state index in [1.54, 1.807) is 13.3 Å². The minimum Gasteiger partial charge on any atom is -0.486 e. The summed E-state index contributed by atoms with van der Waals surface area (Å²) in [6, 6.07) is 5.58. The Hall–Kier alpha value is -2.05. The van der Waals surface area contributed by atoms with Crippen molar-refractivity contribution in [3.8, 4) is 11.5 Å². The number of fused-ring (bicyclic) bond motifs is 2. The molecular formula is C15H18N2O4. The smallest absolute Gasteiger partial charge is 0.162 e. The van der Waals surface area contributed by atoms with Gasteiger partial charge in [0, 0.05) is 18.7 Å². The van der Waals surface area contributed by atoms with E-state index in [1.165, 1.54) is 0 Å². The van der Waals surface area contributed by atoms with Gasteiger partial charge in [-0.1, -0.05) is 0 Å². The van der Waals surface area contributed by atoms with Gasteiger partial charge < -0.3 is 24.6 Å². The molecule has 0 radical (unpaired) electrons. The minimum absolute atomic E-state index is 0.0313. The van der Waals surface area contributed by atoms with Gasteiger partial charge >= 0.3 is 0 Å². The lowest BCUT2D eigenvalue weighted by atomic mass is 10.1. The van der Waals surface area contributed by atoms with Gasteiger partial charge in [-0.15, -0.1) is 0 Å². The molecule has 2 N–H and O–H groups in total. The molecule has 1 aliphatic rings. The highest BCUT2D eigenvalue weighted by molar-refractivity contribution is 5.94. The number of benzene rings is 1. The van der Waals surface area contributed by atoms with Crippen LogP contribution < -0.4 is 14.8 Å². The molecule has 21 heavy (non-hydrogen) atoms. The number of aliphatic hydroxyl groups is 1. The number of anilines is 1. The van der Waals surface area contributed by atoms with Gasteiger partial charge in [0.05, 0.1) is 19.3 Å². The largest absolute Gasteiger partial charge is 0.486 e. The Morgan fingerprint density at radius 2 is 2.10 bits per heavy atom. The monoisotopic (exact) mass is 290 g/mol. The molecule has 2 aromatic rings. The molecule has 2 heterocycles. The van der Waals surface area contributed by atoms with Crippen molar-refractivity contribution in [1.29, 1.82) is 0 Å². The first-order valence-electron chi connectivity index (χ1n) is 6.86. The summed E-state index contributed by atoms with van der Waals surface area (Å²) in [5, 5.41) is 14.5. The molecule has 1 unspecified atom stereocenters. The Kier molecular flexibility index (Phi) is 4.08. The van der Waals surface area contributed by atoms with Crippen molar-refractivity contribution < 1.29 is 19.3 Å². The van der Waals surface area contributed by atoms with Crippen LogP contribution in [0.3, 0.4) is 0 Å². The summed E-state index contributed by atoms with van der Waals surface area (Å²) in [5.74, 6) is 2.17. The molecule has 1 aromatic carbocycles. The molecule has 1 aromatic heterocycles. The second-order valence-corrected chi connectivity index (χ2v) is 4.86. The maximum Gasteiger partial charge on any atom is 0.162 e. The summed E-state index contributed by atoms with van der Waals surface area (Å²) >= 11 is 0. The first-order chi connectivity index (χ1) is 10.3. The third-order valence-corrected chi connectivity index (χ3v) is 3.36. The Balaban J connectivity index is 1.98. The Morgan fingerprint density at radius 3 is 2.81 bits per heavy atom. The number of aromatic nitrogens is 1. The fourth-order valence-electron chi connectivity index (χ4n) is 2.36. The van der Waals surface area contributed by atoms with Gasteiger partial charge in [0.1, 0.15) is 19.0 Å². The van der Waals surface area contributed by atoms with E-state index < -0.39 is 0 Å². The second-order valence-electron chi connectivity index (χ2n) is 4.86. The van der Waals surface area contributed by atoms with Gasteiger partial charge in [-0.3, -0.25) is 0 Å². The topological polar surface area (TPSA) is 72.8 Å². The van der Waals surface area contributed by atoms with Gasteiger partial charge in [-0.2, -0.15) is 0 Å². The van der Waals surface area contributed by atoms with E-state index in [0.717, 1.165) is 22.3 Å². The van der Waals surface area contributed by atoms with Crippen molar-refractivity contribution in [2.24, 2.45) is 0 Å². The number of methoxy groups -OCH3 is 1. The summed E-state index contributed by atoms with van der Waals surface area (Å²) in [6.45, 7) is 1.48. The minimum atomic E-state index is -0.207. The predicted octanol–water partition coefficient (Wildman–Crippen LogP) is 1.43. The molecule has 6 heteroatoms. The molecule has 1 atom stereocenters. The standard InChI is InChI=1S/C15H18N2O4/c1-19-9-11(8-18)17-15-12-7-14-13(20-4-5-21-14)6-10(12)2-3-16-15/h2-3,6-7,11,18H,4-5,8-9H2,1H3,(H,16,17). The van der Waals surface area contributed by atoms with E-state index in [2.05, 4.69) is 10.3 Å². The summed E-state index contributed by atoms with van der Waals surface area (Å²) in [6.07, 6.45) is 1.72. The van der Waals surface area contributed by atoms with Crippen LogP contribution in [0, 0.1) is 0 Å². The summed E-state index contributed by atoms with van der Waals surface area (Å²) < 4.78 is 16.3. The quantitative estimate of drug-likeness (QED) is 0.868. The van der Waals surface area contributed by atoms with Crippen LogP contribution >= 0.6 is 0 Å². The molecule has 0 aliphatic carbocycles. The van der Waals surface area contributed by atoms with Crippen molar-refractivity contribution in [1.82, 2.24) is 4.98 Å². The number of pyridine rings is 1. The molecule has 0 bridgehead atoms. The van der Waals surface area contributed by atoms with Crippen molar-refractivity contribution in [3.63, 3.8) is 0 Å². The Bertz CT molecular complexity index is 632. The lowest BCUT2D eigenvalue weighted by Gasteiger charge is -2.21. The van der Waals surface area contributed by atoms with Crippen molar-refractivity contribution in [2.45, 2.75) is 6.04 Å². The van der Waals surface area contributed by atoms with Gasteiger partial charge in [-0.25, -0.2) is 4.98 Å². The Morgan fingerprint density at radius 1 is 1.33 bits per heavy atom. The summed E-state index contributed by atoms with van der Waals surface area (Å²) in [4.78, 5) is 4.35. The van der Waals surface area contributed by atoms with E-state index in [-0.39, 0.29) is 12.6 Å². The first kappa shape index (κ1) is 13.9. The summed E-state index contributed by atoms with van der Waals surface area (Å²) in [5.41, 5.74) is 0. The number of hydrogen-bond donors (Lipinski definition) is 2. The van der Waals surface area contributed by atoms with Crippen LogP contribution in [-0.2, 0) is 4.74 Å². The van der Waals surface area contributed by atoms with Crippen LogP contribution in [-0.4, -0.2) is 49.7 Å². The van der Waals surface area contributed by atoms with E-state index in [0.29, 0.717) is 25.6 Å². The Labute approximate surface area is 122 Å². The maximum atomic E-state index is 9.37. The fourth-order valence-corrected chi connectivity index (χ4v) is 2.36. The number of nitrogens with zero attached hydrogens (tertiary/aromatic N) is 1. The molecule has 0 spiro atoms. The van der Waals surface area contributed by atoms with E-state index in [4.69, 9.17) is 14.2 Å². The zero-order valence-corrected chi connectivity index (χ0v) is 11.8. The highest BCUT2D eigenvalue weighted by Crippen LogP contribution is 2.36. The third kappa shape index (κ3) is 2.86. The van der Waals surface area contributed by atoms with Crippen molar-refractivity contribution in [2.75, 3.05) is 38.9 Å². The molecule has 0 saturated heterocycles. The van der Waals surface area contributed by atoms with Gasteiger partial charge in [-0.05, 0) is 23.6 Å².